The summed E-state index contributed by atoms with van der Waals surface area (Å²) >= 11 is 0. The molecule has 3 aromatic rings. The van der Waals surface area contributed by atoms with Crippen molar-refractivity contribution in [2.75, 3.05) is 20.3 Å². The second-order valence-electron chi connectivity index (χ2n) is 6.76. The fourth-order valence-electron chi connectivity index (χ4n) is 3.44. The number of aryl methyl sites for hydroxylation is 2. The summed E-state index contributed by atoms with van der Waals surface area (Å²) in [6, 6.07) is 16.3. The number of methoxy groups -OCH3 is 1. The summed E-state index contributed by atoms with van der Waals surface area (Å²) in [5.41, 5.74) is 3.47. The fourth-order valence-corrected chi connectivity index (χ4v) is 3.44. The molecule has 28 heavy (non-hydrogen) atoms. The van der Waals surface area contributed by atoms with Crippen LogP contribution in [0.15, 0.2) is 48.5 Å². The molecule has 0 aliphatic heterocycles. The van der Waals surface area contributed by atoms with Crippen LogP contribution in [0.3, 0.4) is 0 Å². The third kappa shape index (κ3) is 4.66. The molecule has 0 saturated heterocycles. The Hall–Kier alpha value is -2.95. The monoisotopic (exact) mass is 380 g/mol. The molecule has 3 rings (SSSR count). The topological polar surface area (TPSA) is 52.5 Å². The molecule has 2 aromatic carbocycles. The van der Waals surface area contributed by atoms with E-state index in [1.165, 1.54) is 16.6 Å². The first-order valence-electron chi connectivity index (χ1n) is 9.73. The predicted octanol–water partition coefficient (Wildman–Crippen LogP) is 4.11. The number of aromatic nitrogens is 1. The van der Waals surface area contributed by atoms with E-state index < -0.39 is 0 Å². The molecule has 5 heteroatoms. The second-order valence-corrected chi connectivity index (χ2v) is 6.76. The Bertz CT molecular complexity index is 946. The van der Waals surface area contributed by atoms with E-state index in [1.54, 1.807) is 7.11 Å². The molecule has 0 unspecified atom stereocenters. The molecule has 1 aromatic heterocycles. The van der Waals surface area contributed by atoms with Crippen LogP contribution >= 0.6 is 0 Å². The molecule has 0 fully saturated rings. The van der Waals surface area contributed by atoms with Crippen molar-refractivity contribution in [3.8, 4) is 11.5 Å². The van der Waals surface area contributed by atoms with Gasteiger partial charge in [0.25, 0.3) is 0 Å². The average Bonchev–Trinajstić information content (AvgIpc) is 3.02. The first kappa shape index (κ1) is 19.8. The van der Waals surface area contributed by atoms with E-state index in [0.717, 1.165) is 17.9 Å². The minimum absolute atomic E-state index is 0.0574. The van der Waals surface area contributed by atoms with Gasteiger partial charge in [-0.15, -0.1) is 0 Å². The summed E-state index contributed by atoms with van der Waals surface area (Å²) in [6.07, 6.45) is 1.11. The smallest absolute Gasteiger partial charge is 0.220 e. The maximum Gasteiger partial charge on any atom is 0.220 e. The molecule has 1 heterocycles. The number of rotatable bonds is 9. The lowest BCUT2D eigenvalue weighted by Crippen LogP contribution is -2.27. The lowest BCUT2D eigenvalue weighted by atomic mass is 10.1. The highest BCUT2D eigenvalue weighted by molar-refractivity contribution is 5.81. The van der Waals surface area contributed by atoms with Crippen molar-refractivity contribution in [1.29, 1.82) is 0 Å². The zero-order valence-electron chi connectivity index (χ0n) is 16.8. The molecule has 0 spiro atoms. The van der Waals surface area contributed by atoms with Gasteiger partial charge >= 0.3 is 0 Å². The molecule has 0 radical (unpaired) electrons. The van der Waals surface area contributed by atoms with Gasteiger partial charge in [0.1, 0.15) is 0 Å². The van der Waals surface area contributed by atoms with Gasteiger partial charge in [0.15, 0.2) is 11.5 Å². The molecule has 0 bridgehead atoms. The SMILES string of the molecule is CCOc1ccc(CCC(=O)NCCn2c(C)cc3ccccc32)cc1OC. The summed E-state index contributed by atoms with van der Waals surface area (Å²) in [5.74, 6) is 1.49. The molecular formula is C23H28N2O3. The zero-order chi connectivity index (χ0) is 19.9. The Morgan fingerprint density at radius 1 is 1.11 bits per heavy atom. The quantitative estimate of drug-likeness (QED) is 0.608. The summed E-state index contributed by atoms with van der Waals surface area (Å²) in [6.45, 7) is 6.01. The number of para-hydroxylation sites is 1. The van der Waals surface area contributed by atoms with Crippen LogP contribution in [-0.2, 0) is 17.8 Å². The summed E-state index contributed by atoms with van der Waals surface area (Å²) in [5, 5.41) is 4.26. The number of amides is 1. The number of ether oxygens (including phenoxy) is 2. The van der Waals surface area contributed by atoms with Gasteiger partial charge in [-0.3, -0.25) is 4.79 Å². The van der Waals surface area contributed by atoms with E-state index in [-0.39, 0.29) is 5.91 Å². The van der Waals surface area contributed by atoms with Crippen molar-refractivity contribution in [3.63, 3.8) is 0 Å². The molecular weight excluding hydrogens is 352 g/mol. The van der Waals surface area contributed by atoms with E-state index in [4.69, 9.17) is 9.47 Å². The summed E-state index contributed by atoms with van der Waals surface area (Å²) < 4.78 is 13.1. The normalized spacial score (nSPS) is 10.8. The molecule has 1 amide bonds. The van der Waals surface area contributed by atoms with Crippen LogP contribution in [0.5, 0.6) is 11.5 Å². The fraction of sp³-hybridized carbons (Fsp3) is 0.348. The third-order valence-electron chi connectivity index (χ3n) is 4.84. The van der Waals surface area contributed by atoms with Crippen molar-refractivity contribution in [2.45, 2.75) is 33.2 Å². The lowest BCUT2D eigenvalue weighted by Gasteiger charge is -2.12. The van der Waals surface area contributed by atoms with Crippen LogP contribution in [-0.4, -0.2) is 30.7 Å². The maximum atomic E-state index is 12.2. The first-order chi connectivity index (χ1) is 13.6. The minimum atomic E-state index is 0.0574. The second kappa shape index (κ2) is 9.31. The van der Waals surface area contributed by atoms with Crippen LogP contribution in [0, 0.1) is 6.92 Å². The Morgan fingerprint density at radius 3 is 2.71 bits per heavy atom. The first-order valence-corrected chi connectivity index (χ1v) is 9.73. The largest absolute Gasteiger partial charge is 0.493 e. The van der Waals surface area contributed by atoms with Gasteiger partial charge in [0.2, 0.25) is 5.91 Å². The molecule has 148 valence electrons. The molecule has 0 aliphatic rings. The van der Waals surface area contributed by atoms with E-state index >= 15 is 0 Å². The molecule has 0 aliphatic carbocycles. The van der Waals surface area contributed by atoms with Crippen LogP contribution in [0.2, 0.25) is 0 Å². The average molecular weight is 380 g/mol. The van der Waals surface area contributed by atoms with Crippen molar-refractivity contribution < 1.29 is 14.3 Å². The Balaban J connectivity index is 1.50. The van der Waals surface area contributed by atoms with Crippen LogP contribution in [0.1, 0.15) is 24.6 Å². The number of benzene rings is 2. The van der Waals surface area contributed by atoms with Crippen molar-refractivity contribution in [1.82, 2.24) is 9.88 Å². The van der Waals surface area contributed by atoms with Crippen LogP contribution in [0.25, 0.3) is 10.9 Å². The number of carbonyl (C=O) groups excluding carboxylic acids is 1. The molecule has 1 N–H and O–H groups in total. The highest BCUT2D eigenvalue weighted by atomic mass is 16.5. The number of carbonyl (C=O) groups is 1. The molecule has 0 saturated carbocycles. The zero-order valence-corrected chi connectivity index (χ0v) is 16.8. The van der Waals surface area contributed by atoms with E-state index in [1.807, 2.05) is 37.3 Å². The number of fused-ring (bicyclic) bond motifs is 1. The van der Waals surface area contributed by atoms with Crippen molar-refractivity contribution >= 4 is 16.8 Å². The number of hydrogen-bond acceptors (Lipinski definition) is 3. The Kier molecular flexibility index (Phi) is 6.58. The van der Waals surface area contributed by atoms with E-state index in [2.05, 4.69) is 35.0 Å². The van der Waals surface area contributed by atoms with Gasteiger partial charge in [-0.1, -0.05) is 24.3 Å². The Labute approximate surface area is 166 Å². The molecule has 0 atom stereocenters. The summed E-state index contributed by atoms with van der Waals surface area (Å²) in [4.78, 5) is 12.2. The van der Waals surface area contributed by atoms with Gasteiger partial charge in [-0.25, -0.2) is 0 Å². The van der Waals surface area contributed by atoms with Gasteiger partial charge in [0, 0.05) is 30.7 Å². The maximum absolute atomic E-state index is 12.2. The molecule has 5 nitrogen and oxygen atoms in total. The van der Waals surface area contributed by atoms with Gasteiger partial charge in [-0.2, -0.15) is 0 Å². The number of nitrogens with one attached hydrogen (secondary N) is 1. The van der Waals surface area contributed by atoms with Crippen molar-refractivity contribution in [2.24, 2.45) is 0 Å². The van der Waals surface area contributed by atoms with Gasteiger partial charge in [-0.05, 0) is 55.5 Å². The van der Waals surface area contributed by atoms with E-state index in [9.17, 15) is 4.79 Å². The standard InChI is InChI=1S/C23H28N2O3/c1-4-28-21-11-9-18(16-22(21)27-3)10-12-23(26)24-13-14-25-17(2)15-19-7-5-6-8-20(19)25/h5-9,11,15-16H,4,10,12-14H2,1-3H3,(H,24,26). The predicted molar refractivity (Wildman–Crippen MR) is 112 cm³/mol. The van der Waals surface area contributed by atoms with Crippen molar-refractivity contribution in [3.05, 3.63) is 59.8 Å². The summed E-state index contributed by atoms with van der Waals surface area (Å²) in [7, 11) is 1.63. The highest BCUT2D eigenvalue weighted by Gasteiger charge is 2.08. The number of hydrogen-bond donors (Lipinski definition) is 1. The van der Waals surface area contributed by atoms with Gasteiger partial charge < -0.3 is 19.4 Å². The number of nitrogens with zero attached hydrogens (tertiary/aromatic N) is 1. The third-order valence-corrected chi connectivity index (χ3v) is 4.84. The van der Waals surface area contributed by atoms with E-state index in [0.29, 0.717) is 31.7 Å². The van der Waals surface area contributed by atoms with Crippen LogP contribution < -0.4 is 14.8 Å². The lowest BCUT2D eigenvalue weighted by molar-refractivity contribution is -0.121. The van der Waals surface area contributed by atoms with Crippen LogP contribution in [0.4, 0.5) is 0 Å². The highest BCUT2D eigenvalue weighted by Crippen LogP contribution is 2.28. The Morgan fingerprint density at radius 2 is 1.93 bits per heavy atom. The van der Waals surface area contributed by atoms with Gasteiger partial charge in [0.05, 0.1) is 13.7 Å². The minimum Gasteiger partial charge on any atom is -0.493 e.